The normalized spacial score (nSPS) is 23.7. The maximum Gasteiger partial charge on any atom is 0.250 e. The first-order valence-corrected chi connectivity index (χ1v) is 6.31. The van der Waals surface area contributed by atoms with Crippen molar-refractivity contribution in [3.63, 3.8) is 0 Å². The fourth-order valence-electron chi connectivity index (χ4n) is 2.34. The van der Waals surface area contributed by atoms with Crippen LogP contribution in [-0.4, -0.2) is 23.9 Å². The Morgan fingerprint density at radius 3 is 2.58 bits per heavy atom. The molecular weight excluding hydrogens is 247 g/mol. The van der Waals surface area contributed by atoms with Crippen molar-refractivity contribution in [1.29, 1.82) is 0 Å². The first-order valence-electron chi connectivity index (χ1n) is 6.31. The van der Waals surface area contributed by atoms with E-state index in [1.807, 2.05) is 13.8 Å². The fourth-order valence-corrected chi connectivity index (χ4v) is 2.34. The molecule has 0 radical (unpaired) electrons. The lowest BCUT2D eigenvalue weighted by molar-refractivity contribution is -0.134. The summed E-state index contributed by atoms with van der Waals surface area (Å²) in [7, 11) is 0. The van der Waals surface area contributed by atoms with E-state index in [-0.39, 0.29) is 17.7 Å². The lowest BCUT2D eigenvalue weighted by atomic mass is 9.96. The van der Waals surface area contributed by atoms with Gasteiger partial charge in [0.2, 0.25) is 11.8 Å². The number of nitrogens with one attached hydrogen (secondary N) is 1. The number of hydrogen-bond acceptors (Lipinski definition) is 2. The van der Waals surface area contributed by atoms with Gasteiger partial charge in [-0.25, -0.2) is 4.39 Å². The molecule has 1 aliphatic heterocycles. The topological polar surface area (TPSA) is 49.4 Å². The highest BCUT2D eigenvalue weighted by molar-refractivity contribution is 6.08. The van der Waals surface area contributed by atoms with Gasteiger partial charge in [0, 0.05) is 5.69 Å². The Labute approximate surface area is 111 Å². The second kappa shape index (κ2) is 4.99. The van der Waals surface area contributed by atoms with Gasteiger partial charge < -0.3 is 5.32 Å². The van der Waals surface area contributed by atoms with Gasteiger partial charge >= 0.3 is 0 Å². The van der Waals surface area contributed by atoms with Crippen molar-refractivity contribution in [3.05, 3.63) is 30.1 Å². The number of rotatable bonds is 2. The van der Waals surface area contributed by atoms with E-state index in [9.17, 15) is 14.0 Å². The van der Waals surface area contributed by atoms with Crippen LogP contribution in [0.4, 0.5) is 10.1 Å². The Morgan fingerprint density at radius 1 is 1.32 bits per heavy atom. The van der Waals surface area contributed by atoms with Gasteiger partial charge in [0.15, 0.2) is 0 Å². The van der Waals surface area contributed by atoms with Gasteiger partial charge in [-0.2, -0.15) is 0 Å². The number of carbonyl (C=O) groups excluding carboxylic acids is 2. The number of hydrogen-bond donors (Lipinski definition) is 1. The fraction of sp³-hybridized carbons (Fsp3) is 0.429. The molecule has 4 nitrogen and oxygen atoms in total. The minimum Gasteiger partial charge on any atom is -0.343 e. The van der Waals surface area contributed by atoms with Crippen molar-refractivity contribution in [2.75, 3.05) is 4.90 Å². The Kier molecular flexibility index (Phi) is 3.55. The molecule has 1 N–H and O–H groups in total. The third-order valence-corrected chi connectivity index (χ3v) is 3.23. The van der Waals surface area contributed by atoms with E-state index in [4.69, 9.17) is 0 Å². The van der Waals surface area contributed by atoms with E-state index in [1.54, 1.807) is 13.0 Å². The molecule has 0 aromatic heterocycles. The predicted molar refractivity (Wildman–Crippen MR) is 70.1 cm³/mol. The summed E-state index contributed by atoms with van der Waals surface area (Å²) in [5.74, 6) is -0.901. The van der Waals surface area contributed by atoms with Gasteiger partial charge in [0.25, 0.3) is 0 Å². The van der Waals surface area contributed by atoms with Crippen molar-refractivity contribution in [1.82, 2.24) is 5.32 Å². The number of anilines is 1. The van der Waals surface area contributed by atoms with Crippen molar-refractivity contribution in [2.24, 2.45) is 5.92 Å². The van der Waals surface area contributed by atoms with Gasteiger partial charge in [-0.05, 0) is 31.0 Å². The Hall–Kier alpha value is -1.91. The molecule has 2 atom stereocenters. The zero-order valence-corrected chi connectivity index (χ0v) is 11.2. The van der Waals surface area contributed by atoms with Crippen LogP contribution in [0, 0.1) is 11.7 Å². The van der Waals surface area contributed by atoms with E-state index in [2.05, 4.69) is 5.32 Å². The number of nitrogens with zero attached hydrogens (tertiary/aromatic N) is 1. The van der Waals surface area contributed by atoms with E-state index >= 15 is 0 Å². The zero-order valence-electron chi connectivity index (χ0n) is 11.2. The van der Waals surface area contributed by atoms with Gasteiger partial charge in [-0.1, -0.05) is 19.9 Å². The second-order valence-electron chi connectivity index (χ2n) is 5.11. The quantitative estimate of drug-likeness (QED) is 0.884. The Bertz CT molecular complexity index is 516. The molecule has 102 valence electrons. The maximum absolute atomic E-state index is 13.3. The predicted octanol–water partition coefficient (Wildman–Crippen LogP) is 1.70. The highest BCUT2D eigenvalue weighted by Crippen LogP contribution is 2.25. The number of benzene rings is 1. The molecule has 2 rings (SSSR count). The standard InChI is InChI=1S/C14H17FN2O2/c1-8(2)12-13(18)16-9(3)14(19)17(12)11-6-4-5-10(15)7-11/h4-9,12H,1-3H3,(H,16,18). The smallest absolute Gasteiger partial charge is 0.250 e. The van der Waals surface area contributed by atoms with Crippen LogP contribution >= 0.6 is 0 Å². The average molecular weight is 264 g/mol. The summed E-state index contributed by atoms with van der Waals surface area (Å²) in [6.45, 7) is 5.35. The molecule has 1 aliphatic rings. The highest BCUT2D eigenvalue weighted by atomic mass is 19.1. The van der Waals surface area contributed by atoms with Gasteiger partial charge in [-0.3, -0.25) is 14.5 Å². The summed E-state index contributed by atoms with van der Waals surface area (Å²) >= 11 is 0. The van der Waals surface area contributed by atoms with Crippen LogP contribution in [-0.2, 0) is 9.59 Å². The Balaban J connectivity index is 2.47. The van der Waals surface area contributed by atoms with Crippen molar-refractivity contribution < 1.29 is 14.0 Å². The summed E-state index contributed by atoms with van der Waals surface area (Å²) in [6.07, 6.45) is 0. The number of piperazine rings is 1. The first kappa shape index (κ1) is 13.5. The van der Waals surface area contributed by atoms with Crippen LogP contribution in [0.3, 0.4) is 0 Å². The Morgan fingerprint density at radius 2 is 2.00 bits per heavy atom. The third-order valence-electron chi connectivity index (χ3n) is 3.23. The molecule has 0 bridgehead atoms. The summed E-state index contributed by atoms with van der Waals surface area (Å²) in [4.78, 5) is 25.7. The number of amides is 2. The molecule has 19 heavy (non-hydrogen) atoms. The van der Waals surface area contributed by atoms with E-state index in [0.29, 0.717) is 5.69 Å². The molecule has 1 fully saturated rings. The zero-order chi connectivity index (χ0) is 14.2. The first-order chi connectivity index (χ1) is 8.91. The van der Waals surface area contributed by atoms with Gasteiger partial charge in [0.1, 0.15) is 17.9 Å². The summed E-state index contributed by atoms with van der Waals surface area (Å²) < 4.78 is 13.3. The minimum absolute atomic E-state index is 0.0558. The van der Waals surface area contributed by atoms with Gasteiger partial charge in [0.05, 0.1) is 0 Å². The molecule has 0 spiro atoms. The van der Waals surface area contributed by atoms with Crippen LogP contribution in [0.15, 0.2) is 24.3 Å². The SMILES string of the molecule is CC1NC(=O)C(C(C)C)N(c2cccc(F)c2)C1=O. The third kappa shape index (κ3) is 2.45. The molecule has 2 unspecified atom stereocenters. The minimum atomic E-state index is -0.606. The van der Waals surface area contributed by atoms with Crippen LogP contribution in [0.2, 0.25) is 0 Å². The lowest BCUT2D eigenvalue weighted by Gasteiger charge is -2.39. The molecule has 5 heteroatoms. The highest BCUT2D eigenvalue weighted by Gasteiger charge is 2.41. The molecule has 1 heterocycles. The molecule has 2 amide bonds. The molecule has 1 aromatic carbocycles. The molecule has 1 aromatic rings. The van der Waals surface area contributed by atoms with Gasteiger partial charge in [-0.15, -0.1) is 0 Å². The average Bonchev–Trinajstić information content (AvgIpc) is 2.32. The van der Waals surface area contributed by atoms with Crippen molar-refractivity contribution in [2.45, 2.75) is 32.9 Å². The van der Waals surface area contributed by atoms with E-state index in [1.165, 1.54) is 23.1 Å². The van der Waals surface area contributed by atoms with Crippen LogP contribution in [0.1, 0.15) is 20.8 Å². The molecule has 1 saturated heterocycles. The number of carbonyl (C=O) groups is 2. The lowest BCUT2D eigenvalue weighted by Crippen LogP contribution is -2.64. The van der Waals surface area contributed by atoms with Crippen LogP contribution < -0.4 is 10.2 Å². The second-order valence-corrected chi connectivity index (χ2v) is 5.11. The largest absolute Gasteiger partial charge is 0.343 e. The monoisotopic (exact) mass is 264 g/mol. The maximum atomic E-state index is 13.3. The molecular formula is C14H17FN2O2. The molecule has 0 saturated carbocycles. The number of halogens is 1. The van der Waals surface area contributed by atoms with Crippen molar-refractivity contribution in [3.8, 4) is 0 Å². The van der Waals surface area contributed by atoms with Crippen molar-refractivity contribution >= 4 is 17.5 Å². The molecule has 0 aliphatic carbocycles. The van der Waals surface area contributed by atoms with E-state index in [0.717, 1.165) is 0 Å². The summed E-state index contributed by atoms with van der Waals surface area (Å²) in [5.41, 5.74) is 0.422. The van der Waals surface area contributed by atoms with Crippen LogP contribution in [0.5, 0.6) is 0 Å². The van der Waals surface area contributed by atoms with E-state index < -0.39 is 17.9 Å². The van der Waals surface area contributed by atoms with Crippen LogP contribution in [0.25, 0.3) is 0 Å². The summed E-state index contributed by atoms with van der Waals surface area (Å²) in [5, 5.41) is 2.65. The summed E-state index contributed by atoms with van der Waals surface area (Å²) in [6, 6.07) is 4.56.